The maximum atomic E-state index is 12.5. The highest BCUT2D eigenvalue weighted by Crippen LogP contribution is 2.30. The van der Waals surface area contributed by atoms with Crippen molar-refractivity contribution in [3.05, 3.63) is 45.9 Å². The summed E-state index contributed by atoms with van der Waals surface area (Å²) in [6.07, 6.45) is 0.178. The maximum absolute atomic E-state index is 12.5. The third-order valence-electron chi connectivity index (χ3n) is 5.09. The van der Waals surface area contributed by atoms with Crippen LogP contribution in [0.3, 0.4) is 0 Å². The van der Waals surface area contributed by atoms with Crippen LogP contribution in [0.4, 0.5) is 0 Å². The molecule has 7 nitrogen and oxygen atoms in total. The van der Waals surface area contributed by atoms with E-state index >= 15 is 0 Å². The Balaban J connectivity index is 1.60. The van der Waals surface area contributed by atoms with Gasteiger partial charge in [-0.1, -0.05) is 31.8 Å². The molecule has 0 saturated carbocycles. The molecule has 2 atom stereocenters. The molecule has 1 fully saturated rings. The van der Waals surface area contributed by atoms with Crippen LogP contribution in [0, 0.1) is 17.8 Å². The second-order valence-corrected chi connectivity index (χ2v) is 7.94. The molecule has 2 aliphatic heterocycles. The van der Waals surface area contributed by atoms with Gasteiger partial charge in [0.2, 0.25) is 12.2 Å². The molecule has 1 N–H and O–H groups in total. The number of aliphatic hydroxyl groups is 1. The molecular weight excluding hydrogens is 384 g/mol. The summed E-state index contributed by atoms with van der Waals surface area (Å²) in [5.41, 5.74) is 3.34. The standard InChI is InChI=1S/C23H26N2O5/c1-15(2)11-18(26)5-3-16-4-6-19-17(12-16)7-8-25-20(19)13-21(24-23(25)27)30-22-14-28-9-10-29-22/h4,6,12-13,15,18,22,26H,7-11,14H2,1-2H3. The normalized spacial score (nSPS) is 18.7. The molecule has 0 bridgehead atoms. The van der Waals surface area contributed by atoms with Gasteiger partial charge in [-0.15, -0.1) is 0 Å². The Labute approximate surface area is 175 Å². The van der Waals surface area contributed by atoms with Gasteiger partial charge in [0, 0.05) is 23.7 Å². The van der Waals surface area contributed by atoms with Gasteiger partial charge in [-0.05, 0) is 36.5 Å². The van der Waals surface area contributed by atoms with Gasteiger partial charge in [0.05, 0.1) is 18.9 Å². The fourth-order valence-electron chi connectivity index (χ4n) is 3.69. The van der Waals surface area contributed by atoms with Crippen molar-refractivity contribution >= 4 is 0 Å². The Hall–Kier alpha value is -2.66. The first-order valence-corrected chi connectivity index (χ1v) is 10.3. The van der Waals surface area contributed by atoms with Crippen molar-refractivity contribution in [2.24, 2.45) is 5.92 Å². The molecule has 0 aliphatic carbocycles. The predicted octanol–water partition coefficient (Wildman–Crippen LogP) is 1.98. The van der Waals surface area contributed by atoms with Crippen LogP contribution in [0.15, 0.2) is 29.1 Å². The number of nitrogens with zero attached hydrogens (tertiary/aromatic N) is 2. The van der Waals surface area contributed by atoms with Crippen LogP contribution >= 0.6 is 0 Å². The second-order valence-electron chi connectivity index (χ2n) is 7.94. The van der Waals surface area contributed by atoms with Gasteiger partial charge in [0.15, 0.2) is 0 Å². The summed E-state index contributed by atoms with van der Waals surface area (Å²) in [5.74, 6) is 6.60. The molecule has 4 rings (SSSR count). The number of hydrogen-bond donors (Lipinski definition) is 1. The summed E-state index contributed by atoms with van der Waals surface area (Å²) < 4.78 is 18.2. The molecule has 1 aromatic heterocycles. The zero-order valence-electron chi connectivity index (χ0n) is 17.3. The van der Waals surface area contributed by atoms with Crippen LogP contribution in [0.5, 0.6) is 5.88 Å². The Morgan fingerprint density at radius 3 is 2.97 bits per heavy atom. The first-order valence-electron chi connectivity index (χ1n) is 10.3. The van der Waals surface area contributed by atoms with Crippen LogP contribution in [-0.2, 0) is 22.4 Å². The third-order valence-corrected chi connectivity index (χ3v) is 5.09. The van der Waals surface area contributed by atoms with Gasteiger partial charge in [-0.3, -0.25) is 4.57 Å². The lowest BCUT2D eigenvalue weighted by Gasteiger charge is -2.25. The highest BCUT2D eigenvalue weighted by molar-refractivity contribution is 5.68. The number of aliphatic hydroxyl groups excluding tert-OH is 1. The van der Waals surface area contributed by atoms with E-state index in [0.717, 1.165) is 22.4 Å². The number of aryl methyl sites for hydroxylation is 1. The van der Waals surface area contributed by atoms with Crippen LogP contribution in [0.1, 0.15) is 31.4 Å². The molecule has 0 amide bonds. The van der Waals surface area contributed by atoms with Crippen molar-refractivity contribution in [2.75, 3.05) is 19.8 Å². The molecule has 2 aromatic rings. The average Bonchev–Trinajstić information content (AvgIpc) is 2.72. The van der Waals surface area contributed by atoms with E-state index < -0.39 is 12.4 Å². The average molecular weight is 410 g/mol. The van der Waals surface area contributed by atoms with Gasteiger partial charge in [0.25, 0.3) is 0 Å². The van der Waals surface area contributed by atoms with Crippen molar-refractivity contribution in [1.29, 1.82) is 0 Å². The summed E-state index contributed by atoms with van der Waals surface area (Å²) >= 11 is 0. The molecule has 2 aliphatic rings. The zero-order valence-corrected chi connectivity index (χ0v) is 17.3. The minimum absolute atomic E-state index is 0.232. The van der Waals surface area contributed by atoms with E-state index in [9.17, 15) is 9.90 Å². The molecule has 3 heterocycles. The molecule has 2 unspecified atom stereocenters. The molecular formula is C23H26N2O5. The van der Waals surface area contributed by atoms with E-state index in [1.807, 2.05) is 18.2 Å². The van der Waals surface area contributed by atoms with Crippen molar-refractivity contribution in [1.82, 2.24) is 9.55 Å². The topological polar surface area (TPSA) is 82.8 Å². The monoisotopic (exact) mass is 410 g/mol. The van der Waals surface area contributed by atoms with Crippen LogP contribution < -0.4 is 10.4 Å². The van der Waals surface area contributed by atoms with E-state index in [1.165, 1.54) is 0 Å². The van der Waals surface area contributed by atoms with Crippen molar-refractivity contribution in [2.45, 2.75) is 45.6 Å². The molecule has 1 saturated heterocycles. The lowest BCUT2D eigenvalue weighted by molar-refractivity contribution is -0.172. The number of benzene rings is 1. The first-order chi connectivity index (χ1) is 14.5. The van der Waals surface area contributed by atoms with E-state index in [0.29, 0.717) is 45.1 Å². The zero-order chi connectivity index (χ0) is 21.1. The molecule has 0 spiro atoms. The molecule has 30 heavy (non-hydrogen) atoms. The predicted molar refractivity (Wildman–Crippen MR) is 111 cm³/mol. The number of rotatable bonds is 4. The largest absolute Gasteiger partial charge is 0.445 e. The minimum atomic E-state index is -0.628. The summed E-state index contributed by atoms with van der Waals surface area (Å²) in [4.78, 5) is 16.6. The SMILES string of the molecule is CC(C)CC(O)C#Cc1ccc2c(c1)CCn1c-2cc(OC2COCCO2)nc1=O. The van der Waals surface area contributed by atoms with Crippen LogP contribution in [-0.4, -0.2) is 46.9 Å². The third kappa shape index (κ3) is 4.73. The van der Waals surface area contributed by atoms with E-state index in [2.05, 4.69) is 30.7 Å². The Kier molecular flexibility index (Phi) is 6.18. The Morgan fingerprint density at radius 2 is 2.20 bits per heavy atom. The van der Waals surface area contributed by atoms with Gasteiger partial charge in [-0.25, -0.2) is 4.79 Å². The highest BCUT2D eigenvalue weighted by Gasteiger charge is 2.22. The van der Waals surface area contributed by atoms with Gasteiger partial charge < -0.3 is 19.3 Å². The first kappa shape index (κ1) is 20.6. The number of ether oxygens (including phenoxy) is 3. The molecule has 7 heteroatoms. The molecule has 1 aromatic carbocycles. The number of aromatic nitrogens is 2. The van der Waals surface area contributed by atoms with Crippen LogP contribution in [0.2, 0.25) is 0 Å². The van der Waals surface area contributed by atoms with E-state index in [4.69, 9.17) is 14.2 Å². The highest BCUT2D eigenvalue weighted by atomic mass is 16.7. The fourth-order valence-corrected chi connectivity index (χ4v) is 3.69. The summed E-state index contributed by atoms with van der Waals surface area (Å²) in [5, 5.41) is 9.99. The van der Waals surface area contributed by atoms with Crippen molar-refractivity contribution in [3.8, 4) is 29.0 Å². The van der Waals surface area contributed by atoms with Crippen LogP contribution in [0.25, 0.3) is 11.3 Å². The lowest BCUT2D eigenvalue weighted by Crippen LogP contribution is -2.35. The summed E-state index contributed by atoms with van der Waals surface area (Å²) in [6, 6.07) is 7.67. The van der Waals surface area contributed by atoms with Gasteiger partial charge in [0.1, 0.15) is 12.7 Å². The quantitative estimate of drug-likeness (QED) is 0.776. The van der Waals surface area contributed by atoms with Gasteiger partial charge in [-0.2, -0.15) is 4.98 Å². The smallest absolute Gasteiger partial charge is 0.351 e. The summed E-state index contributed by atoms with van der Waals surface area (Å²) in [7, 11) is 0. The van der Waals surface area contributed by atoms with E-state index in [1.54, 1.807) is 10.6 Å². The van der Waals surface area contributed by atoms with Crippen molar-refractivity contribution in [3.63, 3.8) is 0 Å². The van der Waals surface area contributed by atoms with Crippen molar-refractivity contribution < 1.29 is 19.3 Å². The fraction of sp³-hybridized carbons (Fsp3) is 0.478. The Bertz CT molecular complexity index is 1030. The number of fused-ring (bicyclic) bond motifs is 3. The summed E-state index contributed by atoms with van der Waals surface area (Å²) in [6.45, 7) is 5.96. The Morgan fingerprint density at radius 1 is 1.33 bits per heavy atom. The molecule has 158 valence electrons. The lowest BCUT2D eigenvalue weighted by atomic mass is 9.95. The number of hydrogen-bond acceptors (Lipinski definition) is 6. The second kappa shape index (κ2) is 9.00. The minimum Gasteiger partial charge on any atom is -0.445 e. The van der Waals surface area contributed by atoms with E-state index in [-0.39, 0.29) is 11.6 Å². The van der Waals surface area contributed by atoms with Gasteiger partial charge >= 0.3 is 5.69 Å². The molecule has 0 radical (unpaired) electrons. The maximum Gasteiger partial charge on any atom is 0.351 e.